The third-order valence-corrected chi connectivity index (χ3v) is 6.39. The molecule has 2 rings (SSSR count). The Hall–Kier alpha value is -0.910. The van der Waals surface area contributed by atoms with Gasteiger partial charge in [-0.05, 0) is 52.4 Å². The molecule has 0 aromatic carbocycles. The standard InChI is InChI=1S/C26H46O5/c1-4-5-6-7-8-9-10-14-17-23-24(31-26(2,3)30-23)18-15-12-11-13-16-21(27)22-19-20-25(28)29-22/h11-12,21-24,27H,4-10,13-20H2,1-3H3/b12-11-/t21-,22-,23-,24-/m1/s1. The lowest BCUT2D eigenvalue weighted by molar-refractivity contribution is -0.147. The summed E-state index contributed by atoms with van der Waals surface area (Å²) in [6, 6.07) is 0. The Morgan fingerprint density at radius 1 is 0.968 bits per heavy atom. The zero-order chi connectivity index (χ0) is 22.5. The zero-order valence-electron chi connectivity index (χ0n) is 20.2. The quantitative estimate of drug-likeness (QED) is 0.176. The van der Waals surface area contributed by atoms with Crippen molar-refractivity contribution in [3.05, 3.63) is 12.2 Å². The Labute approximate surface area is 189 Å². The molecule has 31 heavy (non-hydrogen) atoms. The minimum atomic E-state index is -0.556. The Kier molecular flexibility index (Phi) is 12.1. The number of unbranched alkanes of at least 4 members (excludes halogenated alkanes) is 7. The molecule has 4 atom stereocenters. The zero-order valence-corrected chi connectivity index (χ0v) is 20.2. The van der Waals surface area contributed by atoms with Gasteiger partial charge in [-0.1, -0.05) is 70.4 Å². The number of hydrogen-bond donors (Lipinski definition) is 1. The monoisotopic (exact) mass is 438 g/mol. The van der Waals surface area contributed by atoms with Crippen LogP contribution >= 0.6 is 0 Å². The van der Waals surface area contributed by atoms with E-state index >= 15 is 0 Å². The lowest BCUT2D eigenvalue weighted by atomic mass is 10.0. The van der Waals surface area contributed by atoms with Crippen molar-refractivity contribution in [1.82, 2.24) is 0 Å². The number of carbonyl (C=O) groups excluding carboxylic acids is 1. The van der Waals surface area contributed by atoms with Crippen molar-refractivity contribution in [3.63, 3.8) is 0 Å². The molecule has 2 aliphatic heterocycles. The molecule has 1 N–H and O–H groups in total. The molecule has 0 unspecified atom stereocenters. The van der Waals surface area contributed by atoms with E-state index in [0.717, 1.165) is 25.7 Å². The first kappa shape index (κ1) is 26.3. The highest BCUT2D eigenvalue weighted by molar-refractivity contribution is 5.71. The van der Waals surface area contributed by atoms with Gasteiger partial charge in [-0.3, -0.25) is 4.79 Å². The first-order valence-corrected chi connectivity index (χ1v) is 12.8. The molecule has 0 amide bonds. The summed E-state index contributed by atoms with van der Waals surface area (Å²) >= 11 is 0. The van der Waals surface area contributed by atoms with Crippen LogP contribution in [-0.2, 0) is 19.0 Å². The van der Waals surface area contributed by atoms with Gasteiger partial charge in [-0.2, -0.15) is 0 Å². The molecule has 5 nitrogen and oxygen atoms in total. The van der Waals surface area contributed by atoms with Crippen LogP contribution < -0.4 is 0 Å². The van der Waals surface area contributed by atoms with Crippen molar-refractivity contribution in [2.24, 2.45) is 0 Å². The Bertz CT molecular complexity index is 530. The average Bonchev–Trinajstić information content (AvgIpc) is 3.28. The Morgan fingerprint density at radius 3 is 2.23 bits per heavy atom. The van der Waals surface area contributed by atoms with E-state index in [0.29, 0.717) is 19.3 Å². The van der Waals surface area contributed by atoms with E-state index in [1.165, 1.54) is 51.4 Å². The highest BCUT2D eigenvalue weighted by Gasteiger charge is 2.40. The van der Waals surface area contributed by atoms with E-state index in [-0.39, 0.29) is 24.3 Å². The van der Waals surface area contributed by atoms with Gasteiger partial charge < -0.3 is 19.3 Å². The van der Waals surface area contributed by atoms with Crippen LogP contribution in [-0.4, -0.2) is 41.3 Å². The van der Waals surface area contributed by atoms with E-state index in [1.54, 1.807) is 0 Å². The number of cyclic esters (lactones) is 1. The fourth-order valence-electron chi connectivity index (χ4n) is 4.64. The molecule has 2 heterocycles. The van der Waals surface area contributed by atoms with Crippen molar-refractivity contribution >= 4 is 5.97 Å². The van der Waals surface area contributed by atoms with Gasteiger partial charge in [0.15, 0.2) is 5.79 Å². The van der Waals surface area contributed by atoms with Crippen LogP contribution in [0.25, 0.3) is 0 Å². The summed E-state index contributed by atoms with van der Waals surface area (Å²) in [4.78, 5) is 11.1. The Morgan fingerprint density at radius 2 is 1.58 bits per heavy atom. The summed E-state index contributed by atoms with van der Waals surface area (Å²) in [5.41, 5.74) is 0. The minimum Gasteiger partial charge on any atom is -0.460 e. The van der Waals surface area contributed by atoms with Crippen molar-refractivity contribution in [1.29, 1.82) is 0 Å². The van der Waals surface area contributed by atoms with Crippen LogP contribution in [0.3, 0.4) is 0 Å². The number of esters is 1. The van der Waals surface area contributed by atoms with Crippen LogP contribution in [0.5, 0.6) is 0 Å². The van der Waals surface area contributed by atoms with Crippen LogP contribution in [0.15, 0.2) is 12.2 Å². The predicted octanol–water partition coefficient (Wildman–Crippen LogP) is 6.22. The molecule has 0 spiro atoms. The number of ether oxygens (including phenoxy) is 3. The van der Waals surface area contributed by atoms with Crippen molar-refractivity contribution in [3.8, 4) is 0 Å². The number of hydrogen-bond acceptors (Lipinski definition) is 5. The fraction of sp³-hybridized carbons (Fsp3) is 0.885. The molecular formula is C26H46O5. The van der Waals surface area contributed by atoms with Gasteiger partial charge in [0, 0.05) is 6.42 Å². The largest absolute Gasteiger partial charge is 0.460 e. The maximum absolute atomic E-state index is 11.1. The van der Waals surface area contributed by atoms with Crippen LogP contribution in [0, 0.1) is 0 Å². The highest BCUT2D eigenvalue weighted by Crippen LogP contribution is 2.33. The minimum absolute atomic E-state index is 0.160. The topological polar surface area (TPSA) is 65.0 Å². The fourth-order valence-corrected chi connectivity index (χ4v) is 4.64. The number of carbonyl (C=O) groups is 1. The van der Waals surface area contributed by atoms with Gasteiger partial charge in [-0.25, -0.2) is 0 Å². The van der Waals surface area contributed by atoms with E-state index in [4.69, 9.17) is 14.2 Å². The normalized spacial score (nSPS) is 26.6. The summed E-state index contributed by atoms with van der Waals surface area (Å²) < 4.78 is 17.5. The van der Waals surface area contributed by atoms with E-state index in [2.05, 4.69) is 19.1 Å². The molecule has 2 fully saturated rings. The van der Waals surface area contributed by atoms with Crippen LogP contribution in [0.4, 0.5) is 0 Å². The molecule has 2 aliphatic rings. The summed E-state index contributed by atoms with van der Waals surface area (Å²) in [6.07, 6.45) is 19.9. The van der Waals surface area contributed by atoms with Gasteiger partial charge >= 0.3 is 5.97 Å². The van der Waals surface area contributed by atoms with Crippen LogP contribution in [0.2, 0.25) is 0 Å². The van der Waals surface area contributed by atoms with Gasteiger partial charge in [-0.15, -0.1) is 0 Å². The second kappa shape index (κ2) is 14.3. The molecule has 0 aliphatic carbocycles. The molecule has 0 saturated carbocycles. The van der Waals surface area contributed by atoms with Crippen molar-refractivity contribution in [2.75, 3.05) is 0 Å². The molecule has 5 heteroatoms. The maximum Gasteiger partial charge on any atom is 0.306 e. The first-order chi connectivity index (χ1) is 14.9. The van der Waals surface area contributed by atoms with Gasteiger partial charge in [0.1, 0.15) is 6.10 Å². The van der Waals surface area contributed by atoms with Gasteiger partial charge in [0.2, 0.25) is 0 Å². The molecule has 0 aromatic heterocycles. The molecular weight excluding hydrogens is 392 g/mol. The number of allylic oxidation sites excluding steroid dienone is 2. The smallest absolute Gasteiger partial charge is 0.306 e. The highest BCUT2D eigenvalue weighted by atomic mass is 16.7. The summed E-state index contributed by atoms with van der Waals surface area (Å²) in [5.74, 6) is -0.676. The Balaban J connectivity index is 1.57. The second-order valence-corrected chi connectivity index (χ2v) is 9.74. The maximum atomic E-state index is 11.1. The van der Waals surface area contributed by atoms with E-state index in [9.17, 15) is 9.90 Å². The van der Waals surface area contributed by atoms with Gasteiger partial charge in [0.05, 0.1) is 18.3 Å². The molecule has 0 bridgehead atoms. The SMILES string of the molecule is CCCCCCCCCC[C@H]1OC(C)(C)O[C@@H]1CC/C=C\CC[C@@H](O)[C@H]1CCC(=O)O1. The molecule has 0 aromatic rings. The lowest BCUT2D eigenvalue weighted by Crippen LogP contribution is -2.25. The van der Waals surface area contributed by atoms with E-state index < -0.39 is 11.9 Å². The summed E-state index contributed by atoms with van der Waals surface area (Å²) in [6.45, 7) is 6.29. The number of aliphatic hydroxyl groups excluding tert-OH is 1. The summed E-state index contributed by atoms with van der Waals surface area (Å²) in [7, 11) is 0. The molecule has 2 saturated heterocycles. The lowest BCUT2D eigenvalue weighted by Gasteiger charge is -2.16. The number of rotatable bonds is 16. The molecule has 0 radical (unpaired) electrons. The van der Waals surface area contributed by atoms with Crippen molar-refractivity contribution in [2.45, 2.75) is 147 Å². The van der Waals surface area contributed by atoms with Crippen LogP contribution in [0.1, 0.15) is 117 Å². The predicted molar refractivity (Wildman–Crippen MR) is 124 cm³/mol. The first-order valence-electron chi connectivity index (χ1n) is 12.8. The molecule has 180 valence electrons. The summed E-state index contributed by atoms with van der Waals surface area (Å²) in [5, 5.41) is 10.1. The second-order valence-electron chi connectivity index (χ2n) is 9.74. The number of aliphatic hydroxyl groups is 1. The third-order valence-electron chi connectivity index (χ3n) is 6.39. The van der Waals surface area contributed by atoms with Gasteiger partial charge in [0.25, 0.3) is 0 Å². The third kappa shape index (κ3) is 10.5. The van der Waals surface area contributed by atoms with Crippen molar-refractivity contribution < 1.29 is 24.1 Å². The van der Waals surface area contributed by atoms with E-state index in [1.807, 2.05) is 13.8 Å². The average molecular weight is 439 g/mol.